The van der Waals surface area contributed by atoms with Crippen molar-refractivity contribution < 1.29 is 18.0 Å². The first-order valence-electron chi connectivity index (χ1n) is 10.2. The van der Waals surface area contributed by atoms with Crippen molar-refractivity contribution in [3.8, 4) is 0 Å². The Kier molecular flexibility index (Phi) is 7.40. The van der Waals surface area contributed by atoms with Gasteiger partial charge in [-0.25, -0.2) is 13.1 Å². The van der Waals surface area contributed by atoms with Crippen LogP contribution in [-0.4, -0.2) is 49.8 Å². The molecule has 168 valence electrons. The summed E-state index contributed by atoms with van der Waals surface area (Å²) in [5, 5.41) is 3.36. The van der Waals surface area contributed by atoms with Gasteiger partial charge in [0.2, 0.25) is 15.9 Å². The number of H-pyrrole nitrogens is 1. The summed E-state index contributed by atoms with van der Waals surface area (Å²) in [6.07, 6.45) is 1.81. The van der Waals surface area contributed by atoms with Crippen LogP contribution in [0.1, 0.15) is 46.6 Å². The summed E-state index contributed by atoms with van der Waals surface area (Å²) in [6.45, 7) is 4.83. The molecule has 0 spiro atoms. The SMILES string of the molecule is Cc1[nH]c(C)c(S(=O)(=O)NCCC(=O)NCc2ccc(Cl)cc2)c1C(=O)N1CCCC1. The zero-order chi connectivity index (χ0) is 22.6. The molecule has 3 N–H and O–H groups in total. The lowest BCUT2D eigenvalue weighted by molar-refractivity contribution is -0.121. The van der Waals surface area contributed by atoms with E-state index in [0.29, 0.717) is 36.0 Å². The monoisotopic (exact) mass is 466 g/mol. The Morgan fingerprint density at radius 1 is 1.10 bits per heavy atom. The molecule has 8 nitrogen and oxygen atoms in total. The van der Waals surface area contributed by atoms with Crippen molar-refractivity contribution in [1.82, 2.24) is 19.9 Å². The van der Waals surface area contributed by atoms with E-state index in [-0.39, 0.29) is 35.2 Å². The van der Waals surface area contributed by atoms with Crippen LogP contribution in [0.2, 0.25) is 5.02 Å². The first-order chi connectivity index (χ1) is 14.7. The highest BCUT2D eigenvalue weighted by molar-refractivity contribution is 7.89. The molecular formula is C21H27ClN4O4S. The van der Waals surface area contributed by atoms with Crippen molar-refractivity contribution in [3.05, 3.63) is 51.8 Å². The second kappa shape index (κ2) is 9.84. The molecule has 0 unspecified atom stereocenters. The van der Waals surface area contributed by atoms with E-state index in [0.717, 1.165) is 18.4 Å². The first kappa shape index (κ1) is 23.3. The Morgan fingerprint density at radius 2 is 1.74 bits per heavy atom. The lowest BCUT2D eigenvalue weighted by Crippen LogP contribution is -2.33. The number of benzene rings is 1. The van der Waals surface area contributed by atoms with Gasteiger partial charge in [-0.2, -0.15) is 0 Å². The summed E-state index contributed by atoms with van der Waals surface area (Å²) >= 11 is 5.84. The van der Waals surface area contributed by atoms with Gasteiger partial charge < -0.3 is 15.2 Å². The molecule has 1 aromatic heterocycles. The fraction of sp³-hybridized carbons (Fsp3) is 0.429. The molecule has 0 radical (unpaired) electrons. The molecule has 0 bridgehead atoms. The fourth-order valence-electron chi connectivity index (χ4n) is 3.69. The number of aryl methyl sites for hydroxylation is 2. The number of rotatable bonds is 8. The van der Waals surface area contributed by atoms with E-state index in [1.54, 1.807) is 43.0 Å². The molecular weight excluding hydrogens is 440 g/mol. The predicted molar refractivity (Wildman–Crippen MR) is 119 cm³/mol. The Bertz CT molecular complexity index is 1060. The number of hydrogen-bond donors (Lipinski definition) is 3. The van der Waals surface area contributed by atoms with Gasteiger partial charge in [0.05, 0.1) is 5.56 Å². The summed E-state index contributed by atoms with van der Waals surface area (Å²) in [6, 6.07) is 7.08. The maximum Gasteiger partial charge on any atom is 0.257 e. The summed E-state index contributed by atoms with van der Waals surface area (Å²) < 4.78 is 28.4. The average molecular weight is 467 g/mol. The van der Waals surface area contributed by atoms with Crippen molar-refractivity contribution in [3.63, 3.8) is 0 Å². The lowest BCUT2D eigenvalue weighted by Gasteiger charge is -2.17. The Balaban J connectivity index is 1.61. The molecule has 1 aliphatic heterocycles. The summed E-state index contributed by atoms with van der Waals surface area (Å²) in [5.74, 6) is -0.562. The maximum absolute atomic E-state index is 13.0. The van der Waals surface area contributed by atoms with Gasteiger partial charge >= 0.3 is 0 Å². The van der Waals surface area contributed by atoms with Crippen molar-refractivity contribution in [1.29, 1.82) is 0 Å². The number of carbonyl (C=O) groups is 2. The maximum atomic E-state index is 13.0. The molecule has 1 aromatic carbocycles. The highest BCUT2D eigenvalue weighted by Gasteiger charge is 2.32. The van der Waals surface area contributed by atoms with Gasteiger partial charge in [0.25, 0.3) is 5.91 Å². The zero-order valence-corrected chi connectivity index (χ0v) is 19.2. The molecule has 10 heteroatoms. The van der Waals surface area contributed by atoms with Crippen LogP contribution in [0.4, 0.5) is 0 Å². The number of likely N-dealkylation sites (tertiary alicyclic amines) is 1. The van der Waals surface area contributed by atoms with Gasteiger partial charge in [0, 0.05) is 49.0 Å². The summed E-state index contributed by atoms with van der Waals surface area (Å²) in [4.78, 5) is 29.6. The molecule has 0 atom stereocenters. The Morgan fingerprint density at radius 3 is 2.39 bits per heavy atom. The second-order valence-electron chi connectivity index (χ2n) is 7.63. The van der Waals surface area contributed by atoms with Crippen LogP contribution in [0.15, 0.2) is 29.2 Å². The lowest BCUT2D eigenvalue weighted by atomic mass is 10.2. The van der Waals surface area contributed by atoms with Crippen molar-refractivity contribution >= 4 is 33.4 Å². The Hall–Kier alpha value is -2.36. The van der Waals surface area contributed by atoms with E-state index >= 15 is 0 Å². The molecule has 1 fully saturated rings. The number of nitrogens with zero attached hydrogens (tertiary/aromatic N) is 1. The van der Waals surface area contributed by atoms with Crippen molar-refractivity contribution in [2.24, 2.45) is 0 Å². The predicted octanol–water partition coefficient (Wildman–Crippen LogP) is 2.51. The van der Waals surface area contributed by atoms with Gasteiger partial charge in [-0.05, 0) is 44.4 Å². The molecule has 1 saturated heterocycles. The first-order valence-corrected chi connectivity index (χ1v) is 12.0. The number of halogens is 1. The van der Waals surface area contributed by atoms with Gasteiger partial charge in [-0.1, -0.05) is 23.7 Å². The highest BCUT2D eigenvalue weighted by Crippen LogP contribution is 2.26. The van der Waals surface area contributed by atoms with Crippen LogP contribution in [-0.2, 0) is 21.4 Å². The number of aromatic nitrogens is 1. The molecule has 3 rings (SSSR count). The fourth-order valence-corrected chi connectivity index (χ4v) is 5.30. The van der Waals surface area contributed by atoms with Crippen LogP contribution in [0, 0.1) is 13.8 Å². The van der Waals surface area contributed by atoms with Crippen molar-refractivity contribution in [2.75, 3.05) is 19.6 Å². The van der Waals surface area contributed by atoms with E-state index in [4.69, 9.17) is 11.6 Å². The third-order valence-corrected chi connectivity index (χ3v) is 7.12. The van der Waals surface area contributed by atoms with E-state index in [9.17, 15) is 18.0 Å². The van der Waals surface area contributed by atoms with Crippen LogP contribution >= 0.6 is 11.6 Å². The second-order valence-corrected chi connectivity index (χ2v) is 9.77. The smallest absolute Gasteiger partial charge is 0.257 e. The van der Waals surface area contributed by atoms with E-state index in [1.165, 1.54) is 0 Å². The number of sulfonamides is 1. The van der Waals surface area contributed by atoms with Crippen molar-refractivity contribution in [2.45, 2.75) is 44.6 Å². The molecule has 2 heterocycles. The Labute approximate surface area is 187 Å². The largest absolute Gasteiger partial charge is 0.361 e. The molecule has 0 saturated carbocycles. The molecule has 2 amide bonds. The average Bonchev–Trinajstić information content (AvgIpc) is 3.35. The third kappa shape index (κ3) is 5.66. The number of aromatic amines is 1. The van der Waals surface area contributed by atoms with E-state index in [2.05, 4.69) is 15.0 Å². The molecule has 1 aliphatic rings. The highest BCUT2D eigenvalue weighted by atomic mass is 35.5. The van der Waals surface area contributed by atoms with Crippen LogP contribution in [0.3, 0.4) is 0 Å². The minimum Gasteiger partial charge on any atom is -0.361 e. The molecule has 2 aromatic rings. The van der Waals surface area contributed by atoms with Gasteiger partial charge in [-0.15, -0.1) is 0 Å². The molecule has 0 aliphatic carbocycles. The minimum absolute atomic E-state index is 0.0231. The number of amides is 2. The normalized spacial score (nSPS) is 14.1. The molecule has 31 heavy (non-hydrogen) atoms. The van der Waals surface area contributed by atoms with Crippen LogP contribution in [0.25, 0.3) is 0 Å². The topological polar surface area (TPSA) is 111 Å². The standard InChI is InChI=1S/C21H27ClN4O4S/c1-14-19(21(28)26-11-3-4-12-26)20(15(2)25-14)31(29,30)24-10-9-18(27)23-13-16-5-7-17(22)8-6-16/h5-8,24-25H,3-4,9-13H2,1-2H3,(H,23,27). The summed E-state index contributed by atoms with van der Waals surface area (Å²) in [5.41, 5.74) is 2.00. The number of hydrogen-bond acceptors (Lipinski definition) is 4. The summed E-state index contributed by atoms with van der Waals surface area (Å²) in [7, 11) is -3.97. The van der Waals surface area contributed by atoms with Crippen LogP contribution in [0.5, 0.6) is 0 Å². The van der Waals surface area contributed by atoms with E-state index < -0.39 is 10.0 Å². The van der Waals surface area contributed by atoms with Gasteiger partial charge in [-0.3, -0.25) is 9.59 Å². The van der Waals surface area contributed by atoms with E-state index in [1.807, 2.05) is 0 Å². The quantitative estimate of drug-likeness (QED) is 0.555. The number of nitrogens with one attached hydrogen (secondary N) is 3. The third-order valence-electron chi connectivity index (χ3n) is 5.24. The minimum atomic E-state index is -3.97. The zero-order valence-electron chi connectivity index (χ0n) is 17.6. The van der Waals surface area contributed by atoms with Crippen LogP contribution < -0.4 is 10.0 Å². The van der Waals surface area contributed by atoms with Gasteiger partial charge in [0.1, 0.15) is 4.90 Å². The van der Waals surface area contributed by atoms with Gasteiger partial charge in [0.15, 0.2) is 0 Å². The number of carbonyl (C=O) groups excluding carboxylic acids is 2.